The SMILES string of the molecule is COC1CCC(C(C)C)CC1Cl. The van der Waals surface area contributed by atoms with Crippen LogP contribution < -0.4 is 0 Å². The van der Waals surface area contributed by atoms with Gasteiger partial charge in [-0.25, -0.2) is 0 Å². The second kappa shape index (κ2) is 4.48. The fraction of sp³-hybridized carbons (Fsp3) is 1.00. The summed E-state index contributed by atoms with van der Waals surface area (Å²) < 4.78 is 5.30. The smallest absolute Gasteiger partial charge is 0.0735 e. The second-order valence-corrected chi connectivity index (χ2v) is 4.67. The molecular formula is C10H19ClO. The highest BCUT2D eigenvalue weighted by Crippen LogP contribution is 2.33. The number of hydrogen-bond donors (Lipinski definition) is 0. The lowest BCUT2D eigenvalue weighted by Gasteiger charge is -2.33. The van der Waals surface area contributed by atoms with Gasteiger partial charge in [0.25, 0.3) is 0 Å². The topological polar surface area (TPSA) is 9.23 Å². The number of methoxy groups -OCH3 is 1. The van der Waals surface area contributed by atoms with Gasteiger partial charge in [-0.3, -0.25) is 0 Å². The molecule has 0 bridgehead atoms. The predicted octanol–water partition coefficient (Wildman–Crippen LogP) is 3.06. The van der Waals surface area contributed by atoms with E-state index in [1.165, 1.54) is 6.42 Å². The molecule has 1 fully saturated rings. The fourth-order valence-electron chi connectivity index (χ4n) is 1.99. The van der Waals surface area contributed by atoms with Gasteiger partial charge >= 0.3 is 0 Å². The van der Waals surface area contributed by atoms with Crippen LogP contribution in [0.15, 0.2) is 0 Å². The van der Waals surface area contributed by atoms with Crippen LogP contribution in [0.5, 0.6) is 0 Å². The van der Waals surface area contributed by atoms with E-state index in [-0.39, 0.29) is 5.38 Å². The zero-order valence-electron chi connectivity index (χ0n) is 8.22. The zero-order chi connectivity index (χ0) is 9.14. The van der Waals surface area contributed by atoms with Crippen LogP contribution in [0.3, 0.4) is 0 Å². The van der Waals surface area contributed by atoms with Gasteiger partial charge in [0.15, 0.2) is 0 Å². The van der Waals surface area contributed by atoms with Crippen LogP contribution in [0, 0.1) is 11.8 Å². The van der Waals surface area contributed by atoms with E-state index >= 15 is 0 Å². The Bertz CT molecular complexity index is 136. The van der Waals surface area contributed by atoms with Crippen LogP contribution in [-0.2, 0) is 4.74 Å². The van der Waals surface area contributed by atoms with Crippen molar-refractivity contribution in [2.24, 2.45) is 11.8 Å². The maximum atomic E-state index is 6.20. The molecule has 0 heterocycles. The molecule has 0 N–H and O–H groups in total. The third-order valence-corrected chi connectivity index (χ3v) is 3.46. The van der Waals surface area contributed by atoms with Crippen LogP contribution in [0.25, 0.3) is 0 Å². The molecule has 0 radical (unpaired) electrons. The molecule has 2 heteroatoms. The summed E-state index contributed by atoms with van der Waals surface area (Å²) in [6, 6.07) is 0. The highest BCUT2D eigenvalue weighted by molar-refractivity contribution is 6.21. The predicted molar refractivity (Wildman–Crippen MR) is 52.6 cm³/mol. The average Bonchev–Trinajstić information content (AvgIpc) is 2.04. The van der Waals surface area contributed by atoms with E-state index in [9.17, 15) is 0 Å². The Morgan fingerprint density at radius 3 is 2.42 bits per heavy atom. The van der Waals surface area contributed by atoms with Gasteiger partial charge in [0, 0.05) is 7.11 Å². The Hall–Kier alpha value is 0.250. The van der Waals surface area contributed by atoms with Crippen LogP contribution in [0.4, 0.5) is 0 Å². The molecule has 1 nitrogen and oxygen atoms in total. The van der Waals surface area contributed by atoms with Crippen molar-refractivity contribution in [1.82, 2.24) is 0 Å². The number of rotatable bonds is 2. The van der Waals surface area contributed by atoms with Crippen LogP contribution in [0.1, 0.15) is 33.1 Å². The summed E-state index contributed by atoms with van der Waals surface area (Å²) in [7, 11) is 1.76. The minimum atomic E-state index is 0.233. The van der Waals surface area contributed by atoms with Crippen molar-refractivity contribution < 1.29 is 4.74 Å². The van der Waals surface area contributed by atoms with Crippen LogP contribution in [0.2, 0.25) is 0 Å². The molecule has 0 aromatic carbocycles. The van der Waals surface area contributed by atoms with Gasteiger partial charge in [-0.2, -0.15) is 0 Å². The Labute approximate surface area is 80.4 Å². The van der Waals surface area contributed by atoms with Crippen molar-refractivity contribution in [1.29, 1.82) is 0 Å². The molecule has 1 aliphatic rings. The lowest BCUT2D eigenvalue weighted by molar-refractivity contribution is 0.0532. The first-order valence-electron chi connectivity index (χ1n) is 4.82. The minimum Gasteiger partial charge on any atom is -0.380 e. The van der Waals surface area contributed by atoms with Gasteiger partial charge in [-0.05, 0) is 31.1 Å². The van der Waals surface area contributed by atoms with E-state index in [4.69, 9.17) is 16.3 Å². The van der Waals surface area contributed by atoms with E-state index < -0.39 is 0 Å². The molecule has 12 heavy (non-hydrogen) atoms. The lowest BCUT2D eigenvalue weighted by Crippen LogP contribution is -2.33. The summed E-state index contributed by atoms with van der Waals surface area (Å²) in [6.07, 6.45) is 3.83. The Morgan fingerprint density at radius 2 is 2.00 bits per heavy atom. The van der Waals surface area contributed by atoms with Crippen molar-refractivity contribution >= 4 is 11.6 Å². The van der Waals surface area contributed by atoms with Crippen molar-refractivity contribution in [2.75, 3.05) is 7.11 Å². The largest absolute Gasteiger partial charge is 0.380 e. The molecule has 0 spiro atoms. The monoisotopic (exact) mass is 190 g/mol. The Morgan fingerprint density at radius 1 is 1.33 bits per heavy atom. The number of ether oxygens (including phenoxy) is 1. The van der Waals surface area contributed by atoms with E-state index in [1.807, 2.05) is 0 Å². The minimum absolute atomic E-state index is 0.233. The third-order valence-electron chi connectivity index (χ3n) is 3.00. The molecule has 3 atom stereocenters. The average molecular weight is 191 g/mol. The summed E-state index contributed by atoms with van der Waals surface area (Å²) >= 11 is 6.20. The fourth-order valence-corrected chi connectivity index (χ4v) is 2.45. The molecule has 0 amide bonds. The Balaban J connectivity index is 2.40. The van der Waals surface area contributed by atoms with E-state index in [0.29, 0.717) is 6.10 Å². The maximum Gasteiger partial charge on any atom is 0.0735 e. The zero-order valence-corrected chi connectivity index (χ0v) is 8.97. The first-order valence-corrected chi connectivity index (χ1v) is 5.25. The molecule has 1 saturated carbocycles. The summed E-state index contributed by atoms with van der Waals surface area (Å²) in [6.45, 7) is 4.56. The molecule has 3 unspecified atom stereocenters. The van der Waals surface area contributed by atoms with Gasteiger partial charge in [0.1, 0.15) is 0 Å². The Kier molecular flexibility index (Phi) is 3.85. The molecule has 0 aromatic heterocycles. The first kappa shape index (κ1) is 10.3. The molecule has 72 valence electrons. The maximum absolute atomic E-state index is 6.20. The van der Waals surface area contributed by atoms with Crippen molar-refractivity contribution in [2.45, 2.75) is 44.6 Å². The first-order chi connectivity index (χ1) is 5.65. The summed E-state index contributed by atoms with van der Waals surface area (Å²) in [5.74, 6) is 1.57. The van der Waals surface area contributed by atoms with Crippen molar-refractivity contribution in [3.63, 3.8) is 0 Å². The van der Waals surface area contributed by atoms with Crippen molar-refractivity contribution in [3.05, 3.63) is 0 Å². The van der Waals surface area contributed by atoms with E-state index in [2.05, 4.69) is 13.8 Å². The highest BCUT2D eigenvalue weighted by Gasteiger charge is 2.30. The molecule has 1 aliphatic carbocycles. The molecule has 0 aliphatic heterocycles. The quantitative estimate of drug-likeness (QED) is 0.609. The summed E-state index contributed by atoms with van der Waals surface area (Å²) in [5, 5.41) is 0.233. The third kappa shape index (κ3) is 2.37. The van der Waals surface area contributed by atoms with Crippen LogP contribution in [-0.4, -0.2) is 18.6 Å². The molecule has 1 rings (SSSR count). The van der Waals surface area contributed by atoms with Gasteiger partial charge in [0.05, 0.1) is 11.5 Å². The van der Waals surface area contributed by atoms with Crippen LogP contribution >= 0.6 is 11.6 Å². The van der Waals surface area contributed by atoms with Gasteiger partial charge in [0.2, 0.25) is 0 Å². The van der Waals surface area contributed by atoms with Gasteiger partial charge in [-0.1, -0.05) is 13.8 Å². The summed E-state index contributed by atoms with van der Waals surface area (Å²) in [5.41, 5.74) is 0. The number of halogens is 1. The van der Waals surface area contributed by atoms with Crippen molar-refractivity contribution in [3.8, 4) is 0 Å². The standard InChI is InChI=1S/C10H19ClO/c1-7(2)8-4-5-10(12-3)9(11)6-8/h7-10H,4-6H2,1-3H3. The highest BCUT2D eigenvalue weighted by atomic mass is 35.5. The van der Waals surface area contributed by atoms with Gasteiger partial charge in [-0.15, -0.1) is 11.6 Å². The molecule has 0 aromatic rings. The number of alkyl halides is 1. The summed E-state index contributed by atoms with van der Waals surface area (Å²) in [4.78, 5) is 0. The van der Waals surface area contributed by atoms with E-state index in [1.54, 1.807) is 7.11 Å². The van der Waals surface area contributed by atoms with E-state index in [0.717, 1.165) is 24.7 Å². The number of hydrogen-bond acceptors (Lipinski definition) is 1. The van der Waals surface area contributed by atoms with Gasteiger partial charge < -0.3 is 4.74 Å². The molecule has 0 saturated heterocycles. The normalized spacial score (nSPS) is 37.2. The second-order valence-electron chi connectivity index (χ2n) is 4.11. The lowest BCUT2D eigenvalue weighted by atomic mass is 9.80. The molecular weight excluding hydrogens is 172 g/mol.